The average molecular weight is 330 g/mol. The normalized spacial score (nSPS) is 27.2. The molecule has 1 aliphatic carbocycles. The molecule has 1 heterocycles. The third-order valence-corrected chi connectivity index (χ3v) is 4.17. The Labute approximate surface area is 121 Å². The predicted molar refractivity (Wildman–Crippen MR) is 75.9 cm³/mol. The second-order valence-electron chi connectivity index (χ2n) is 4.99. The summed E-state index contributed by atoms with van der Waals surface area (Å²) in [5.74, 6) is -0.162. The highest BCUT2D eigenvalue weighted by Crippen LogP contribution is 2.36. The Kier molecular flexibility index (Phi) is 4.62. The van der Waals surface area contributed by atoms with Gasteiger partial charge in [0.15, 0.2) is 0 Å². The van der Waals surface area contributed by atoms with Gasteiger partial charge < -0.3 is 10.1 Å². The fraction of sp³-hybridized carbons (Fsp3) is 0.692. The van der Waals surface area contributed by atoms with Crippen molar-refractivity contribution in [1.82, 2.24) is 15.1 Å². The summed E-state index contributed by atoms with van der Waals surface area (Å²) < 4.78 is 7.90. The number of carbonyl (C=O) groups is 1. The van der Waals surface area contributed by atoms with Gasteiger partial charge in [0.25, 0.3) is 0 Å². The first-order chi connectivity index (χ1) is 9.11. The largest absolute Gasteiger partial charge is 0.468 e. The minimum atomic E-state index is -0.565. The van der Waals surface area contributed by atoms with Crippen LogP contribution < -0.4 is 5.32 Å². The zero-order chi connectivity index (χ0) is 13.9. The molecule has 0 aromatic carbocycles. The lowest BCUT2D eigenvalue weighted by Crippen LogP contribution is -2.55. The molecule has 5 nitrogen and oxygen atoms in total. The van der Waals surface area contributed by atoms with Crippen LogP contribution in [-0.2, 0) is 9.53 Å². The number of rotatable bonds is 4. The molecule has 0 radical (unpaired) electrons. The van der Waals surface area contributed by atoms with Crippen LogP contribution in [-0.4, -0.2) is 34.9 Å². The van der Waals surface area contributed by atoms with E-state index in [0.29, 0.717) is 0 Å². The number of likely N-dealkylation sites (N-methyl/N-ethyl adjacent to an activating group) is 1. The molecule has 106 valence electrons. The Morgan fingerprint density at radius 1 is 1.74 bits per heavy atom. The highest BCUT2D eigenvalue weighted by molar-refractivity contribution is 9.10. The minimum absolute atomic E-state index is 0.162. The number of ether oxygens (including phenoxy) is 1. The van der Waals surface area contributed by atoms with E-state index in [9.17, 15) is 4.79 Å². The number of aromatic nitrogens is 2. The van der Waals surface area contributed by atoms with Gasteiger partial charge in [0.2, 0.25) is 0 Å². The lowest BCUT2D eigenvalue weighted by atomic mass is 9.79. The fourth-order valence-electron chi connectivity index (χ4n) is 2.94. The standard InChI is InChI=1S/C13H20BrN3O2/c1-3-15-13(12(18)19-2)6-4-5-11(7-13)17-9-10(14)8-16-17/h8-9,11,15H,3-7H2,1-2H3. The molecule has 19 heavy (non-hydrogen) atoms. The number of halogens is 1. The minimum Gasteiger partial charge on any atom is -0.468 e. The summed E-state index contributed by atoms with van der Waals surface area (Å²) in [5.41, 5.74) is -0.565. The highest BCUT2D eigenvalue weighted by atomic mass is 79.9. The van der Waals surface area contributed by atoms with Gasteiger partial charge in [0, 0.05) is 6.20 Å². The molecule has 1 N–H and O–H groups in total. The van der Waals surface area contributed by atoms with Crippen LogP contribution in [0.2, 0.25) is 0 Å². The van der Waals surface area contributed by atoms with Crippen LogP contribution in [0, 0.1) is 0 Å². The summed E-state index contributed by atoms with van der Waals surface area (Å²) in [4.78, 5) is 12.1. The fourth-order valence-corrected chi connectivity index (χ4v) is 3.24. The maximum atomic E-state index is 12.1. The highest BCUT2D eigenvalue weighted by Gasteiger charge is 2.43. The maximum Gasteiger partial charge on any atom is 0.326 e. The van der Waals surface area contributed by atoms with Crippen LogP contribution in [0.3, 0.4) is 0 Å². The molecule has 1 aromatic rings. The van der Waals surface area contributed by atoms with Crippen LogP contribution in [0.15, 0.2) is 16.9 Å². The Balaban J connectivity index is 2.19. The van der Waals surface area contributed by atoms with Crippen LogP contribution in [0.1, 0.15) is 38.6 Å². The Morgan fingerprint density at radius 2 is 2.53 bits per heavy atom. The molecule has 1 aliphatic rings. The molecule has 2 rings (SSSR count). The summed E-state index contributed by atoms with van der Waals surface area (Å²) in [7, 11) is 1.45. The molecule has 1 saturated carbocycles. The van der Waals surface area contributed by atoms with Crippen molar-refractivity contribution in [2.24, 2.45) is 0 Å². The van der Waals surface area contributed by atoms with Crippen molar-refractivity contribution in [1.29, 1.82) is 0 Å². The second kappa shape index (κ2) is 6.05. The summed E-state index contributed by atoms with van der Waals surface area (Å²) in [6.45, 7) is 2.77. The van der Waals surface area contributed by atoms with E-state index in [1.807, 2.05) is 17.8 Å². The van der Waals surface area contributed by atoms with E-state index >= 15 is 0 Å². The molecule has 0 spiro atoms. The summed E-state index contributed by atoms with van der Waals surface area (Å²) in [6, 6.07) is 0.234. The zero-order valence-corrected chi connectivity index (χ0v) is 12.9. The number of nitrogens with one attached hydrogen (secondary N) is 1. The molecular weight excluding hydrogens is 310 g/mol. The summed E-state index contributed by atoms with van der Waals surface area (Å²) in [5, 5.41) is 7.67. The van der Waals surface area contributed by atoms with Crippen molar-refractivity contribution in [3.8, 4) is 0 Å². The number of carbonyl (C=O) groups excluding carboxylic acids is 1. The summed E-state index contributed by atoms with van der Waals surface area (Å²) in [6.07, 6.45) is 7.32. The molecule has 0 amide bonds. The van der Waals surface area contributed by atoms with Gasteiger partial charge in [-0.1, -0.05) is 6.92 Å². The van der Waals surface area contributed by atoms with Gasteiger partial charge in [-0.3, -0.25) is 9.48 Å². The van der Waals surface area contributed by atoms with Crippen LogP contribution in [0.25, 0.3) is 0 Å². The average Bonchev–Trinajstić information content (AvgIpc) is 2.85. The van der Waals surface area contributed by atoms with Crippen LogP contribution in [0.5, 0.6) is 0 Å². The van der Waals surface area contributed by atoms with E-state index in [-0.39, 0.29) is 12.0 Å². The van der Waals surface area contributed by atoms with Crippen molar-refractivity contribution in [2.45, 2.75) is 44.2 Å². The van der Waals surface area contributed by atoms with Crippen LogP contribution >= 0.6 is 15.9 Å². The van der Waals surface area contributed by atoms with Crippen molar-refractivity contribution >= 4 is 21.9 Å². The Bertz CT molecular complexity index is 445. The number of esters is 1. The monoisotopic (exact) mass is 329 g/mol. The first kappa shape index (κ1) is 14.5. The topological polar surface area (TPSA) is 56.1 Å². The number of hydrogen-bond acceptors (Lipinski definition) is 4. The van der Waals surface area contributed by atoms with Gasteiger partial charge in [0.1, 0.15) is 5.54 Å². The maximum absolute atomic E-state index is 12.1. The Morgan fingerprint density at radius 3 is 3.11 bits per heavy atom. The molecule has 0 aliphatic heterocycles. The van der Waals surface area contributed by atoms with E-state index in [0.717, 1.165) is 36.7 Å². The first-order valence-electron chi connectivity index (χ1n) is 6.64. The smallest absolute Gasteiger partial charge is 0.326 e. The molecule has 6 heteroatoms. The van der Waals surface area contributed by atoms with E-state index in [1.54, 1.807) is 6.20 Å². The predicted octanol–water partition coefficient (Wildman–Crippen LogP) is 2.28. The second-order valence-corrected chi connectivity index (χ2v) is 5.91. The summed E-state index contributed by atoms with van der Waals surface area (Å²) >= 11 is 3.41. The van der Waals surface area contributed by atoms with Crippen molar-refractivity contribution in [2.75, 3.05) is 13.7 Å². The lowest BCUT2D eigenvalue weighted by molar-refractivity contribution is -0.150. The van der Waals surface area contributed by atoms with Crippen molar-refractivity contribution in [3.05, 3.63) is 16.9 Å². The van der Waals surface area contributed by atoms with E-state index in [2.05, 4.69) is 26.3 Å². The molecule has 2 atom stereocenters. The lowest BCUT2D eigenvalue weighted by Gasteiger charge is -2.39. The molecule has 1 aromatic heterocycles. The van der Waals surface area contributed by atoms with Gasteiger partial charge in [-0.25, -0.2) is 0 Å². The van der Waals surface area contributed by atoms with Gasteiger partial charge in [-0.15, -0.1) is 0 Å². The molecule has 1 fully saturated rings. The molecule has 2 unspecified atom stereocenters. The zero-order valence-electron chi connectivity index (χ0n) is 11.4. The first-order valence-corrected chi connectivity index (χ1v) is 7.43. The van der Waals surface area contributed by atoms with Gasteiger partial charge >= 0.3 is 5.97 Å². The van der Waals surface area contributed by atoms with E-state index < -0.39 is 5.54 Å². The molecule has 0 bridgehead atoms. The quantitative estimate of drug-likeness (QED) is 0.861. The number of methoxy groups -OCH3 is 1. The van der Waals surface area contributed by atoms with E-state index in [4.69, 9.17) is 4.74 Å². The van der Waals surface area contributed by atoms with Gasteiger partial charge in [-0.2, -0.15) is 5.10 Å². The third kappa shape index (κ3) is 3.00. The number of nitrogens with zero attached hydrogens (tertiary/aromatic N) is 2. The van der Waals surface area contributed by atoms with Crippen molar-refractivity contribution in [3.63, 3.8) is 0 Å². The van der Waals surface area contributed by atoms with E-state index in [1.165, 1.54) is 7.11 Å². The Hall–Kier alpha value is -0.880. The van der Waals surface area contributed by atoms with Gasteiger partial charge in [0.05, 0.1) is 23.8 Å². The number of hydrogen-bond donors (Lipinski definition) is 1. The third-order valence-electron chi connectivity index (χ3n) is 3.76. The van der Waals surface area contributed by atoms with Crippen molar-refractivity contribution < 1.29 is 9.53 Å². The molecule has 0 saturated heterocycles. The van der Waals surface area contributed by atoms with Crippen LogP contribution in [0.4, 0.5) is 0 Å². The SMILES string of the molecule is CCNC1(C(=O)OC)CCCC(n2cc(Br)cn2)C1. The van der Waals surface area contributed by atoms with Gasteiger partial charge in [-0.05, 0) is 48.2 Å². The molecular formula is C13H20BrN3O2.